The molecule has 1 aliphatic carbocycles. The van der Waals surface area contributed by atoms with E-state index in [-0.39, 0.29) is 37.6 Å². The van der Waals surface area contributed by atoms with Gasteiger partial charge < -0.3 is 24.8 Å². The maximum Gasteiger partial charge on any atom is 0.272 e. The van der Waals surface area contributed by atoms with Crippen LogP contribution in [0.2, 0.25) is 0 Å². The smallest absolute Gasteiger partial charge is 0.272 e. The SMILES string of the molecule is O=C(CNC(=O)c1cc(COc2ccc3c(c2)OCO3)[nH]n1)NC1CC1. The number of rotatable bonds is 7. The van der Waals surface area contributed by atoms with Gasteiger partial charge in [-0.1, -0.05) is 0 Å². The minimum absolute atomic E-state index is 0.0643. The second-order valence-corrected chi connectivity index (χ2v) is 6.11. The van der Waals surface area contributed by atoms with Crippen LogP contribution >= 0.6 is 0 Å². The Morgan fingerprint density at radius 1 is 1.23 bits per heavy atom. The molecule has 4 rings (SSSR count). The lowest BCUT2D eigenvalue weighted by Crippen LogP contribution is -2.37. The highest BCUT2D eigenvalue weighted by atomic mass is 16.7. The summed E-state index contributed by atoms with van der Waals surface area (Å²) in [6, 6.07) is 7.14. The van der Waals surface area contributed by atoms with Crippen molar-refractivity contribution in [2.75, 3.05) is 13.3 Å². The molecule has 0 bridgehead atoms. The summed E-state index contributed by atoms with van der Waals surface area (Å²) in [5.41, 5.74) is 0.837. The molecule has 2 heterocycles. The molecule has 1 aromatic carbocycles. The van der Waals surface area contributed by atoms with Gasteiger partial charge in [0.05, 0.1) is 12.2 Å². The van der Waals surface area contributed by atoms with Crippen LogP contribution in [0.1, 0.15) is 29.0 Å². The number of fused-ring (bicyclic) bond motifs is 1. The fourth-order valence-electron chi connectivity index (χ4n) is 2.44. The summed E-state index contributed by atoms with van der Waals surface area (Å²) in [7, 11) is 0. The average molecular weight is 358 g/mol. The molecule has 2 aliphatic rings. The summed E-state index contributed by atoms with van der Waals surface area (Å²) in [6.45, 7) is 0.351. The van der Waals surface area contributed by atoms with E-state index in [0.717, 1.165) is 12.8 Å². The van der Waals surface area contributed by atoms with Crippen LogP contribution in [0.25, 0.3) is 0 Å². The third kappa shape index (κ3) is 3.88. The first-order chi connectivity index (χ1) is 12.7. The zero-order valence-electron chi connectivity index (χ0n) is 13.9. The lowest BCUT2D eigenvalue weighted by molar-refractivity contribution is -0.120. The average Bonchev–Trinajstić information content (AvgIpc) is 3.13. The standard InChI is InChI=1S/C17H18N4O5/c22-16(19-10-1-2-10)7-18-17(23)13-5-11(20-21-13)8-24-12-3-4-14-15(6-12)26-9-25-14/h3-6,10H,1-2,7-9H2,(H,18,23)(H,19,22)(H,20,21). The van der Waals surface area contributed by atoms with E-state index in [1.165, 1.54) is 0 Å². The minimum atomic E-state index is -0.415. The number of hydrogen-bond donors (Lipinski definition) is 3. The Balaban J connectivity index is 1.27. The third-order valence-electron chi connectivity index (χ3n) is 3.95. The van der Waals surface area contributed by atoms with Crippen molar-refractivity contribution in [3.8, 4) is 17.2 Å². The molecule has 9 heteroatoms. The van der Waals surface area contributed by atoms with E-state index < -0.39 is 5.91 Å². The van der Waals surface area contributed by atoms with Crippen molar-refractivity contribution in [2.24, 2.45) is 0 Å². The van der Waals surface area contributed by atoms with E-state index >= 15 is 0 Å². The number of benzene rings is 1. The molecule has 0 radical (unpaired) electrons. The summed E-state index contributed by atoms with van der Waals surface area (Å²) in [5, 5.41) is 12.0. The van der Waals surface area contributed by atoms with E-state index in [2.05, 4.69) is 20.8 Å². The van der Waals surface area contributed by atoms with Gasteiger partial charge in [0, 0.05) is 12.1 Å². The van der Waals surface area contributed by atoms with E-state index in [4.69, 9.17) is 14.2 Å². The van der Waals surface area contributed by atoms with Crippen LogP contribution in [-0.2, 0) is 11.4 Å². The number of hydrogen-bond acceptors (Lipinski definition) is 6. The Morgan fingerprint density at radius 3 is 2.92 bits per heavy atom. The van der Waals surface area contributed by atoms with Gasteiger partial charge in [-0.3, -0.25) is 14.7 Å². The topological polar surface area (TPSA) is 115 Å². The number of aromatic amines is 1. The van der Waals surface area contributed by atoms with Crippen molar-refractivity contribution < 1.29 is 23.8 Å². The largest absolute Gasteiger partial charge is 0.487 e. The molecule has 1 saturated carbocycles. The van der Waals surface area contributed by atoms with Gasteiger partial charge in [0.15, 0.2) is 11.5 Å². The number of carbonyl (C=O) groups excluding carboxylic acids is 2. The molecule has 2 aromatic rings. The van der Waals surface area contributed by atoms with Crippen LogP contribution in [-0.4, -0.2) is 41.4 Å². The molecule has 0 atom stereocenters. The van der Waals surface area contributed by atoms with E-state index in [1.54, 1.807) is 24.3 Å². The fourth-order valence-corrected chi connectivity index (χ4v) is 2.44. The molecular weight excluding hydrogens is 340 g/mol. The predicted molar refractivity (Wildman–Crippen MR) is 89.0 cm³/mol. The second-order valence-electron chi connectivity index (χ2n) is 6.11. The third-order valence-corrected chi connectivity index (χ3v) is 3.95. The minimum Gasteiger partial charge on any atom is -0.487 e. The normalized spacial score (nSPS) is 14.8. The monoisotopic (exact) mass is 358 g/mol. The summed E-state index contributed by atoms with van der Waals surface area (Å²) in [4.78, 5) is 23.6. The Kier molecular flexibility index (Phi) is 4.34. The first kappa shape index (κ1) is 16.2. The number of amides is 2. The number of carbonyl (C=O) groups is 2. The zero-order chi connectivity index (χ0) is 17.9. The van der Waals surface area contributed by atoms with E-state index in [1.807, 2.05) is 0 Å². The van der Waals surface area contributed by atoms with E-state index in [0.29, 0.717) is 22.9 Å². The Morgan fingerprint density at radius 2 is 2.08 bits per heavy atom. The Hall–Kier alpha value is -3.23. The molecule has 136 valence electrons. The van der Waals surface area contributed by atoms with Crippen molar-refractivity contribution in [3.63, 3.8) is 0 Å². The highest BCUT2D eigenvalue weighted by Gasteiger charge is 2.23. The number of aromatic nitrogens is 2. The van der Waals surface area contributed by atoms with Crippen LogP contribution in [0.15, 0.2) is 24.3 Å². The predicted octanol–water partition coefficient (Wildman–Crippen LogP) is 0.726. The van der Waals surface area contributed by atoms with Crippen molar-refractivity contribution in [2.45, 2.75) is 25.5 Å². The molecule has 0 unspecified atom stereocenters. The Labute approximate surface area is 149 Å². The first-order valence-corrected chi connectivity index (χ1v) is 8.32. The summed E-state index contributed by atoms with van der Waals surface area (Å²) in [6.07, 6.45) is 2.01. The molecule has 1 aromatic heterocycles. The number of nitrogens with zero attached hydrogens (tertiary/aromatic N) is 1. The molecule has 9 nitrogen and oxygen atoms in total. The molecule has 2 amide bonds. The van der Waals surface area contributed by atoms with Crippen molar-refractivity contribution >= 4 is 11.8 Å². The number of nitrogens with one attached hydrogen (secondary N) is 3. The van der Waals surface area contributed by atoms with Gasteiger partial charge in [-0.05, 0) is 31.0 Å². The lowest BCUT2D eigenvalue weighted by atomic mass is 10.3. The van der Waals surface area contributed by atoms with Gasteiger partial charge in [0.2, 0.25) is 12.7 Å². The van der Waals surface area contributed by atoms with E-state index in [9.17, 15) is 9.59 Å². The summed E-state index contributed by atoms with van der Waals surface area (Å²) < 4.78 is 16.2. The molecule has 1 aliphatic heterocycles. The Bertz CT molecular complexity index is 830. The van der Waals surface area contributed by atoms with Gasteiger partial charge in [0.25, 0.3) is 5.91 Å². The maximum atomic E-state index is 12.0. The van der Waals surface area contributed by atoms with Gasteiger partial charge in [-0.25, -0.2) is 0 Å². The lowest BCUT2D eigenvalue weighted by Gasteiger charge is -2.05. The van der Waals surface area contributed by atoms with Crippen molar-refractivity contribution in [3.05, 3.63) is 35.7 Å². The van der Waals surface area contributed by atoms with Crippen molar-refractivity contribution in [1.29, 1.82) is 0 Å². The van der Waals surface area contributed by atoms with Crippen LogP contribution in [0.3, 0.4) is 0 Å². The number of ether oxygens (including phenoxy) is 3. The van der Waals surface area contributed by atoms with Gasteiger partial charge in [-0.2, -0.15) is 5.10 Å². The highest BCUT2D eigenvalue weighted by Crippen LogP contribution is 2.35. The van der Waals surface area contributed by atoms with Crippen LogP contribution in [0.5, 0.6) is 17.2 Å². The summed E-state index contributed by atoms with van der Waals surface area (Å²) >= 11 is 0. The first-order valence-electron chi connectivity index (χ1n) is 8.32. The molecule has 0 saturated heterocycles. The second kappa shape index (κ2) is 6.95. The zero-order valence-corrected chi connectivity index (χ0v) is 13.9. The van der Waals surface area contributed by atoms with Gasteiger partial charge in [-0.15, -0.1) is 0 Å². The van der Waals surface area contributed by atoms with Crippen LogP contribution < -0.4 is 24.8 Å². The number of H-pyrrole nitrogens is 1. The fraction of sp³-hybridized carbons (Fsp3) is 0.353. The van der Waals surface area contributed by atoms with Gasteiger partial charge in [0.1, 0.15) is 18.1 Å². The van der Waals surface area contributed by atoms with Crippen molar-refractivity contribution in [1.82, 2.24) is 20.8 Å². The quantitative estimate of drug-likeness (QED) is 0.672. The van der Waals surface area contributed by atoms with Gasteiger partial charge >= 0.3 is 0 Å². The molecule has 26 heavy (non-hydrogen) atoms. The summed E-state index contributed by atoms with van der Waals surface area (Å²) in [5.74, 6) is 1.33. The molecular formula is C17H18N4O5. The van der Waals surface area contributed by atoms with Crippen LogP contribution in [0, 0.1) is 0 Å². The maximum absolute atomic E-state index is 12.0. The molecule has 3 N–H and O–H groups in total. The molecule has 0 spiro atoms. The highest BCUT2D eigenvalue weighted by molar-refractivity contribution is 5.94. The van der Waals surface area contributed by atoms with Crippen LogP contribution in [0.4, 0.5) is 0 Å². The molecule has 1 fully saturated rings.